The summed E-state index contributed by atoms with van der Waals surface area (Å²) in [4.78, 5) is 12.6. The van der Waals surface area contributed by atoms with E-state index < -0.39 is 10.0 Å². The fourth-order valence-electron chi connectivity index (χ4n) is 3.86. The summed E-state index contributed by atoms with van der Waals surface area (Å²) in [5.41, 5.74) is 0. The molecule has 1 aliphatic heterocycles. The van der Waals surface area contributed by atoms with Crippen molar-refractivity contribution in [2.24, 2.45) is 11.8 Å². The Morgan fingerprint density at radius 2 is 1.82 bits per heavy atom. The third-order valence-corrected chi connectivity index (χ3v) is 7.12. The Morgan fingerprint density at radius 3 is 2.43 bits per heavy atom. The highest BCUT2D eigenvalue weighted by molar-refractivity contribution is 7.89. The van der Waals surface area contributed by atoms with Gasteiger partial charge in [0, 0.05) is 25.6 Å². The van der Waals surface area contributed by atoms with Crippen LogP contribution in [0.4, 0.5) is 0 Å². The zero-order chi connectivity index (χ0) is 20.0. The van der Waals surface area contributed by atoms with Gasteiger partial charge in [-0.15, -0.1) is 0 Å². The number of methoxy groups -OCH3 is 1. The zero-order valence-electron chi connectivity index (χ0n) is 16.4. The number of rotatable bonds is 8. The zero-order valence-corrected chi connectivity index (χ0v) is 17.2. The third-order valence-electron chi connectivity index (χ3n) is 5.68. The van der Waals surface area contributed by atoms with Gasteiger partial charge in [0.05, 0.1) is 18.1 Å². The molecule has 8 heteroatoms. The summed E-state index contributed by atoms with van der Waals surface area (Å²) in [5, 5.41) is 3.01. The molecule has 1 aromatic rings. The second-order valence-electron chi connectivity index (χ2n) is 7.63. The predicted octanol–water partition coefficient (Wildman–Crippen LogP) is 2.08. The normalized spacial score (nSPS) is 25.4. The van der Waals surface area contributed by atoms with Crippen LogP contribution in [0.3, 0.4) is 0 Å². The summed E-state index contributed by atoms with van der Waals surface area (Å²) in [7, 11) is -1.99. The Kier molecular flexibility index (Phi) is 7.31. The van der Waals surface area contributed by atoms with Crippen molar-refractivity contribution in [1.82, 2.24) is 10.0 Å². The highest BCUT2D eigenvalue weighted by atomic mass is 32.2. The van der Waals surface area contributed by atoms with Crippen molar-refractivity contribution in [3.05, 3.63) is 24.3 Å². The lowest BCUT2D eigenvalue weighted by Crippen LogP contribution is -2.38. The smallest absolute Gasteiger partial charge is 0.240 e. The number of hydrogen-bond donors (Lipinski definition) is 2. The number of hydrogen-bond acceptors (Lipinski definition) is 5. The first kappa shape index (κ1) is 21.1. The second kappa shape index (κ2) is 9.71. The monoisotopic (exact) mass is 410 g/mol. The molecule has 2 N–H and O–H groups in total. The summed E-state index contributed by atoms with van der Waals surface area (Å²) >= 11 is 0. The van der Waals surface area contributed by atoms with Crippen LogP contribution in [0, 0.1) is 11.8 Å². The van der Waals surface area contributed by atoms with E-state index in [0.717, 1.165) is 45.1 Å². The summed E-state index contributed by atoms with van der Waals surface area (Å²) in [6, 6.07) is 6.34. The molecule has 1 saturated carbocycles. The third kappa shape index (κ3) is 5.68. The minimum Gasteiger partial charge on any atom is -0.497 e. The summed E-state index contributed by atoms with van der Waals surface area (Å²) in [6.45, 7) is 1.79. The largest absolute Gasteiger partial charge is 0.497 e. The second-order valence-corrected chi connectivity index (χ2v) is 9.39. The van der Waals surface area contributed by atoms with Crippen molar-refractivity contribution in [2.75, 3.05) is 26.8 Å². The molecule has 2 aliphatic rings. The van der Waals surface area contributed by atoms with Gasteiger partial charge >= 0.3 is 0 Å². The fourth-order valence-corrected chi connectivity index (χ4v) is 4.97. The van der Waals surface area contributed by atoms with Crippen LogP contribution in [0.1, 0.15) is 38.5 Å². The Bertz CT molecular complexity index is 736. The highest BCUT2D eigenvalue weighted by Gasteiger charge is 2.28. The number of benzene rings is 1. The van der Waals surface area contributed by atoms with E-state index in [1.165, 1.54) is 12.1 Å². The van der Waals surface area contributed by atoms with Gasteiger partial charge in [-0.25, -0.2) is 13.1 Å². The number of carbonyl (C=O) groups excluding carboxylic acids is 1. The molecule has 1 amide bonds. The Hall–Kier alpha value is -1.64. The number of carbonyl (C=O) groups is 1. The molecule has 1 atom stereocenters. The van der Waals surface area contributed by atoms with Crippen molar-refractivity contribution in [1.29, 1.82) is 0 Å². The average molecular weight is 411 g/mol. The number of ether oxygens (including phenoxy) is 2. The summed E-state index contributed by atoms with van der Waals surface area (Å²) in [5.74, 6) is 1.01. The molecular weight excluding hydrogens is 380 g/mol. The number of nitrogens with one attached hydrogen (secondary N) is 2. The average Bonchev–Trinajstić information content (AvgIpc) is 3.24. The van der Waals surface area contributed by atoms with Crippen molar-refractivity contribution in [2.45, 2.75) is 49.5 Å². The van der Waals surface area contributed by atoms with Crippen LogP contribution < -0.4 is 14.8 Å². The molecule has 0 radical (unpaired) electrons. The predicted molar refractivity (Wildman–Crippen MR) is 106 cm³/mol. The van der Waals surface area contributed by atoms with Gasteiger partial charge in [-0.2, -0.15) is 0 Å². The van der Waals surface area contributed by atoms with Crippen molar-refractivity contribution < 1.29 is 22.7 Å². The van der Waals surface area contributed by atoms with Gasteiger partial charge in [-0.3, -0.25) is 4.79 Å². The van der Waals surface area contributed by atoms with Gasteiger partial charge in [-0.1, -0.05) is 0 Å². The molecule has 1 heterocycles. The van der Waals surface area contributed by atoms with E-state index in [0.29, 0.717) is 18.8 Å². The number of sulfonamides is 1. The molecule has 7 nitrogen and oxygen atoms in total. The standard InChI is InChI=1S/C20H30N2O5S/c1-26-17-8-10-19(11-9-17)28(24,25)22-13-15-4-6-16(7-5-15)20(23)21-14-18-3-2-12-27-18/h8-11,15-16,18,22H,2-7,12-14H2,1H3,(H,21,23). The Labute approximate surface area is 167 Å². The van der Waals surface area contributed by atoms with Crippen molar-refractivity contribution in [3.63, 3.8) is 0 Å². The molecule has 0 spiro atoms. The van der Waals surface area contributed by atoms with Crippen LogP contribution in [-0.2, 0) is 19.6 Å². The van der Waals surface area contributed by atoms with Gasteiger partial charge in [0.25, 0.3) is 0 Å². The quantitative estimate of drug-likeness (QED) is 0.684. The lowest BCUT2D eigenvalue weighted by atomic mass is 9.81. The minimum atomic E-state index is -3.53. The van der Waals surface area contributed by atoms with Gasteiger partial charge in [0.1, 0.15) is 5.75 Å². The maximum atomic E-state index is 12.4. The van der Waals surface area contributed by atoms with Crippen LogP contribution in [-0.4, -0.2) is 47.2 Å². The molecule has 2 fully saturated rings. The van der Waals surface area contributed by atoms with Crippen LogP contribution in [0.2, 0.25) is 0 Å². The van der Waals surface area contributed by atoms with E-state index in [9.17, 15) is 13.2 Å². The maximum absolute atomic E-state index is 12.4. The molecule has 28 heavy (non-hydrogen) atoms. The molecule has 0 aromatic heterocycles. The molecule has 156 valence electrons. The summed E-state index contributed by atoms with van der Waals surface area (Å²) < 4.78 is 38.2. The number of amides is 1. The molecular formula is C20H30N2O5S. The molecule has 1 saturated heterocycles. The topological polar surface area (TPSA) is 93.7 Å². The highest BCUT2D eigenvalue weighted by Crippen LogP contribution is 2.29. The molecule has 1 aliphatic carbocycles. The lowest BCUT2D eigenvalue weighted by molar-refractivity contribution is -0.126. The first-order valence-electron chi connectivity index (χ1n) is 10.0. The summed E-state index contributed by atoms with van der Waals surface area (Å²) in [6.07, 6.45) is 5.54. The first-order valence-corrected chi connectivity index (χ1v) is 11.5. The maximum Gasteiger partial charge on any atom is 0.240 e. The van der Waals surface area contributed by atoms with Crippen LogP contribution in [0.5, 0.6) is 5.75 Å². The van der Waals surface area contributed by atoms with E-state index in [1.54, 1.807) is 19.2 Å². The lowest BCUT2D eigenvalue weighted by Gasteiger charge is -2.28. The van der Waals surface area contributed by atoms with E-state index in [-0.39, 0.29) is 28.7 Å². The minimum absolute atomic E-state index is 0.0239. The van der Waals surface area contributed by atoms with Crippen molar-refractivity contribution >= 4 is 15.9 Å². The van der Waals surface area contributed by atoms with Crippen LogP contribution in [0.25, 0.3) is 0 Å². The van der Waals surface area contributed by atoms with Crippen LogP contribution in [0.15, 0.2) is 29.2 Å². The van der Waals surface area contributed by atoms with Gasteiger partial charge < -0.3 is 14.8 Å². The molecule has 1 aromatic carbocycles. The van der Waals surface area contributed by atoms with E-state index in [4.69, 9.17) is 9.47 Å². The van der Waals surface area contributed by atoms with Gasteiger partial charge in [-0.05, 0) is 68.7 Å². The van der Waals surface area contributed by atoms with Crippen molar-refractivity contribution in [3.8, 4) is 5.75 Å². The Morgan fingerprint density at radius 1 is 1.11 bits per heavy atom. The van der Waals surface area contributed by atoms with Gasteiger partial charge in [0.15, 0.2) is 0 Å². The van der Waals surface area contributed by atoms with Crippen LogP contribution >= 0.6 is 0 Å². The molecule has 0 bridgehead atoms. The van der Waals surface area contributed by atoms with E-state index in [2.05, 4.69) is 10.0 Å². The Balaban J connectivity index is 1.40. The van der Waals surface area contributed by atoms with Gasteiger partial charge in [0.2, 0.25) is 15.9 Å². The first-order chi connectivity index (χ1) is 13.5. The SMILES string of the molecule is COc1ccc(S(=O)(=O)NCC2CCC(C(=O)NCC3CCCO3)CC2)cc1. The van der Waals surface area contributed by atoms with E-state index >= 15 is 0 Å². The molecule has 1 unspecified atom stereocenters. The van der Waals surface area contributed by atoms with E-state index in [1.807, 2.05) is 0 Å². The fraction of sp³-hybridized carbons (Fsp3) is 0.650. The molecule has 3 rings (SSSR count).